The van der Waals surface area contributed by atoms with E-state index in [1.165, 1.54) is 38.5 Å². The van der Waals surface area contributed by atoms with Crippen molar-refractivity contribution in [2.24, 2.45) is 5.92 Å². The number of carbonyl (C=O) groups is 2. The van der Waals surface area contributed by atoms with E-state index in [1.807, 2.05) is 0 Å². The Balaban J connectivity index is 1.82. The van der Waals surface area contributed by atoms with Gasteiger partial charge in [-0.15, -0.1) is 0 Å². The van der Waals surface area contributed by atoms with Crippen LogP contribution in [0.1, 0.15) is 68.3 Å². The first-order valence-corrected chi connectivity index (χ1v) is 10.8. The van der Waals surface area contributed by atoms with E-state index in [0.29, 0.717) is 18.7 Å². The minimum absolute atomic E-state index is 0.0258. The summed E-state index contributed by atoms with van der Waals surface area (Å²) in [5.41, 5.74) is 0.912. The highest BCUT2D eigenvalue weighted by atomic mass is 16.6. The molecule has 6 heteroatoms. The Labute approximate surface area is 184 Å². The largest absolute Gasteiger partial charge is 0.507 e. The normalized spacial score (nSPS) is 10.7. The van der Waals surface area contributed by atoms with Gasteiger partial charge in [-0.05, 0) is 42.2 Å². The van der Waals surface area contributed by atoms with Gasteiger partial charge < -0.3 is 19.9 Å². The number of unbranched alkanes of at least 4 members (excludes halogenated alkanes) is 3. The Kier molecular flexibility index (Phi) is 9.88. The number of carbonyl (C=O) groups excluding carboxylic acids is 2. The Morgan fingerprint density at radius 2 is 1.74 bits per heavy atom. The maximum atomic E-state index is 12.3. The molecule has 6 nitrogen and oxygen atoms in total. The highest BCUT2D eigenvalue weighted by Gasteiger charge is 2.16. The van der Waals surface area contributed by atoms with Gasteiger partial charge in [0.2, 0.25) is 5.91 Å². The van der Waals surface area contributed by atoms with Gasteiger partial charge in [-0.2, -0.15) is 0 Å². The fraction of sp³-hybridized carbons (Fsp3) is 0.440. The second-order valence-electron chi connectivity index (χ2n) is 8.02. The summed E-state index contributed by atoms with van der Waals surface area (Å²) < 4.78 is 10.7. The molecule has 0 fully saturated rings. The Morgan fingerprint density at radius 1 is 1.00 bits per heavy atom. The molecular formula is C25H33NO5. The summed E-state index contributed by atoms with van der Waals surface area (Å²) in [6.45, 7) is 4.83. The van der Waals surface area contributed by atoms with Crippen molar-refractivity contribution in [3.63, 3.8) is 0 Å². The number of aromatic hydroxyl groups is 1. The molecule has 2 aromatic carbocycles. The number of nitrogens with one attached hydrogen (secondary N) is 1. The highest BCUT2D eigenvalue weighted by Crippen LogP contribution is 2.29. The number of hydrogen-bond acceptors (Lipinski definition) is 5. The van der Waals surface area contributed by atoms with Crippen LogP contribution in [0.5, 0.6) is 17.2 Å². The van der Waals surface area contributed by atoms with Gasteiger partial charge >= 0.3 is 5.97 Å². The van der Waals surface area contributed by atoms with E-state index >= 15 is 0 Å². The molecule has 0 unspecified atom stereocenters. The van der Waals surface area contributed by atoms with E-state index in [2.05, 4.69) is 19.2 Å². The van der Waals surface area contributed by atoms with E-state index in [0.717, 1.165) is 24.3 Å². The lowest BCUT2D eigenvalue weighted by Crippen LogP contribution is -2.22. The monoisotopic (exact) mass is 427 g/mol. The Morgan fingerprint density at radius 3 is 2.45 bits per heavy atom. The average Bonchev–Trinajstić information content (AvgIpc) is 2.75. The number of phenols is 1. The molecule has 0 spiro atoms. The second-order valence-corrected chi connectivity index (χ2v) is 8.02. The first kappa shape index (κ1) is 24.3. The van der Waals surface area contributed by atoms with E-state index < -0.39 is 5.97 Å². The molecule has 2 aromatic rings. The number of methoxy groups -OCH3 is 1. The summed E-state index contributed by atoms with van der Waals surface area (Å²) in [5.74, 6) is 0.558. The zero-order valence-corrected chi connectivity index (χ0v) is 18.6. The number of rotatable bonds is 12. The lowest BCUT2D eigenvalue weighted by Gasteiger charge is -2.12. The lowest BCUT2D eigenvalue weighted by molar-refractivity contribution is -0.121. The lowest BCUT2D eigenvalue weighted by atomic mass is 10.0. The molecule has 31 heavy (non-hydrogen) atoms. The molecule has 0 aliphatic carbocycles. The average molecular weight is 428 g/mol. The molecule has 0 aliphatic heterocycles. The van der Waals surface area contributed by atoms with Gasteiger partial charge in [0.25, 0.3) is 0 Å². The van der Waals surface area contributed by atoms with Crippen LogP contribution in [0.2, 0.25) is 0 Å². The SMILES string of the molecule is COc1cc(CNC(=O)CCCCCCC(C)C)ccc1OC(=O)c1ccccc1O. The quantitative estimate of drug-likeness (QED) is 0.275. The molecule has 0 saturated heterocycles. The minimum Gasteiger partial charge on any atom is -0.507 e. The van der Waals surface area contributed by atoms with Crippen LogP contribution in [0.15, 0.2) is 42.5 Å². The van der Waals surface area contributed by atoms with Crippen molar-refractivity contribution in [3.05, 3.63) is 53.6 Å². The fourth-order valence-electron chi connectivity index (χ4n) is 3.19. The molecule has 0 saturated carbocycles. The standard InChI is InChI=1S/C25H33NO5/c1-18(2)10-6-4-5-7-13-24(28)26-17-19-14-15-22(23(16-19)30-3)31-25(29)20-11-8-9-12-21(20)27/h8-9,11-12,14-16,18,27H,4-7,10,13,17H2,1-3H3,(H,26,28). The van der Waals surface area contributed by atoms with Gasteiger partial charge in [0.05, 0.1) is 7.11 Å². The third kappa shape index (κ3) is 8.32. The van der Waals surface area contributed by atoms with Crippen LogP contribution in [-0.2, 0) is 11.3 Å². The van der Waals surface area contributed by atoms with Crippen molar-refractivity contribution in [2.75, 3.05) is 7.11 Å². The second kappa shape index (κ2) is 12.6. The smallest absolute Gasteiger partial charge is 0.347 e. The summed E-state index contributed by atoms with van der Waals surface area (Å²) in [6, 6.07) is 11.3. The van der Waals surface area contributed by atoms with Gasteiger partial charge in [0.1, 0.15) is 11.3 Å². The summed E-state index contributed by atoms with van der Waals surface area (Å²) in [4.78, 5) is 24.4. The zero-order chi connectivity index (χ0) is 22.6. The number of phenolic OH excluding ortho intramolecular Hbond substituents is 1. The minimum atomic E-state index is -0.675. The molecule has 2 rings (SSSR count). The van der Waals surface area contributed by atoms with Crippen molar-refractivity contribution in [2.45, 2.75) is 58.9 Å². The maximum absolute atomic E-state index is 12.3. The predicted octanol–water partition coefficient (Wildman–Crippen LogP) is 5.23. The molecule has 0 aromatic heterocycles. The number of hydrogen-bond donors (Lipinski definition) is 2. The summed E-state index contributed by atoms with van der Waals surface area (Å²) >= 11 is 0. The molecule has 1 amide bonds. The molecule has 0 atom stereocenters. The van der Waals surface area contributed by atoms with Crippen LogP contribution in [0, 0.1) is 5.92 Å². The van der Waals surface area contributed by atoms with Crippen LogP contribution in [0.4, 0.5) is 0 Å². The molecule has 0 aliphatic rings. The molecule has 0 radical (unpaired) electrons. The van der Waals surface area contributed by atoms with Crippen molar-refractivity contribution in [1.29, 1.82) is 0 Å². The fourth-order valence-corrected chi connectivity index (χ4v) is 3.19. The van der Waals surface area contributed by atoms with Crippen LogP contribution in [0.25, 0.3) is 0 Å². The van der Waals surface area contributed by atoms with E-state index in [-0.39, 0.29) is 23.0 Å². The van der Waals surface area contributed by atoms with Gasteiger partial charge in [-0.3, -0.25) is 4.79 Å². The first-order valence-electron chi connectivity index (χ1n) is 10.8. The molecule has 0 heterocycles. The highest BCUT2D eigenvalue weighted by molar-refractivity contribution is 5.94. The van der Waals surface area contributed by atoms with Crippen LogP contribution >= 0.6 is 0 Å². The van der Waals surface area contributed by atoms with Gasteiger partial charge in [-0.1, -0.05) is 57.7 Å². The summed E-state index contributed by atoms with van der Waals surface area (Å²) in [7, 11) is 1.48. The van der Waals surface area contributed by atoms with Crippen molar-refractivity contribution < 1.29 is 24.2 Å². The van der Waals surface area contributed by atoms with Crippen LogP contribution < -0.4 is 14.8 Å². The number of benzene rings is 2. The third-order valence-corrected chi connectivity index (χ3v) is 4.98. The first-order chi connectivity index (χ1) is 14.9. The number of amides is 1. The van der Waals surface area contributed by atoms with Crippen LogP contribution in [-0.4, -0.2) is 24.1 Å². The van der Waals surface area contributed by atoms with Crippen molar-refractivity contribution in [1.82, 2.24) is 5.32 Å². The van der Waals surface area contributed by atoms with Gasteiger partial charge in [0.15, 0.2) is 11.5 Å². The van der Waals surface area contributed by atoms with Gasteiger partial charge in [0, 0.05) is 13.0 Å². The topological polar surface area (TPSA) is 84.9 Å². The van der Waals surface area contributed by atoms with Gasteiger partial charge in [-0.25, -0.2) is 4.79 Å². The summed E-state index contributed by atoms with van der Waals surface area (Å²) in [5, 5.41) is 12.7. The summed E-state index contributed by atoms with van der Waals surface area (Å²) in [6.07, 6.45) is 6.13. The predicted molar refractivity (Wildman–Crippen MR) is 120 cm³/mol. The molecule has 0 bridgehead atoms. The van der Waals surface area contributed by atoms with E-state index in [1.54, 1.807) is 30.3 Å². The van der Waals surface area contributed by atoms with Crippen molar-refractivity contribution in [3.8, 4) is 17.2 Å². The Hall–Kier alpha value is -3.02. The van der Waals surface area contributed by atoms with E-state index in [9.17, 15) is 14.7 Å². The number of para-hydroxylation sites is 1. The zero-order valence-electron chi connectivity index (χ0n) is 18.6. The number of ether oxygens (including phenoxy) is 2. The molecule has 2 N–H and O–H groups in total. The Bertz CT molecular complexity index is 863. The van der Waals surface area contributed by atoms with E-state index in [4.69, 9.17) is 9.47 Å². The third-order valence-electron chi connectivity index (χ3n) is 4.98. The maximum Gasteiger partial charge on any atom is 0.347 e. The number of esters is 1. The van der Waals surface area contributed by atoms with Crippen LogP contribution in [0.3, 0.4) is 0 Å². The van der Waals surface area contributed by atoms with Crippen molar-refractivity contribution >= 4 is 11.9 Å². The molecular weight excluding hydrogens is 394 g/mol. The molecule has 168 valence electrons.